The molecule has 0 N–H and O–H groups in total. The zero-order valence-electron chi connectivity index (χ0n) is 14.8. The zero-order valence-corrected chi connectivity index (χ0v) is 15.6. The van der Waals surface area contributed by atoms with Crippen LogP contribution in [-0.4, -0.2) is 51.9 Å². The van der Waals surface area contributed by atoms with Crippen LogP contribution in [0.4, 0.5) is 0 Å². The van der Waals surface area contributed by atoms with Crippen molar-refractivity contribution in [3.63, 3.8) is 0 Å². The summed E-state index contributed by atoms with van der Waals surface area (Å²) in [6, 6.07) is 7.81. The van der Waals surface area contributed by atoms with Crippen LogP contribution in [0.1, 0.15) is 23.3 Å². The number of hydrogen-bond donors (Lipinski definition) is 0. The molecule has 0 saturated carbocycles. The van der Waals surface area contributed by atoms with Gasteiger partial charge in [-0.05, 0) is 25.0 Å². The number of likely N-dealkylation sites (tertiary alicyclic amines) is 1. The minimum Gasteiger partial charge on any atom is -0.469 e. The van der Waals surface area contributed by atoms with Gasteiger partial charge in [0.25, 0.3) is 5.91 Å². The highest BCUT2D eigenvalue weighted by molar-refractivity contribution is 7.21. The van der Waals surface area contributed by atoms with Crippen LogP contribution in [-0.2, 0) is 9.53 Å². The summed E-state index contributed by atoms with van der Waals surface area (Å²) in [6.45, 7) is 0.989. The van der Waals surface area contributed by atoms with Crippen molar-refractivity contribution in [2.24, 2.45) is 5.92 Å². The Labute approximate surface area is 160 Å². The third kappa shape index (κ3) is 3.40. The lowest BCUT2D eigenvalue weighted by molar-refractivity contribution is -0.146. The first-order chi connectivity index (χ1) is 13.2. The number of thiazole rings is 1. The van der Waals surface area contributed by atoms with E-state index in [0.29, 0.717) is 42.3 Å². The van der Waals surface area contributed by atoms with Gasteiger partial charge in [0.05, 0.1) is 23.2 Å². The van der Waals surface area contributed by atoms with Gasteiger partial charge in [0.1, 0.15) is 10.7 Å². The molecule has 138 valence electrons. The molecule has 0 unspecified atom stereocenters. The van der Waals surface area contributed by atoms with Gasteiger partial charge in [-0.15, -0.1) is 11.3 Å². The minimum atomic E-state index is -0.211. The summed E-state index contributed by atoms with van der Waals surface area (Å²) in [7, 11) is 1.39. The van der Waals surface area contributed by atoms with Crippen molar-refractivity contribution in [3.05, 3.63) is 42.4 Å². The highest BCUT2D eigenvalue weighted by Gasteiger charge is 2.30. The normalized spacial score (nSPS) is 15.1. The maximum atomic E-state index is 13.0. The van der Waals surface area contributed by atoms with Crippen LogP contribution in [0.5, 0.6) is 0 Å². The Kier molecular flexibility index (Phi) is 4.81. The van der Waals surface area contributed by atoms with Gasteiger partial charge in [0, 0.05) is 25.5 Å². The first kappa shape index (κ1) is 17.5. The number of rotatable bonds is 3. The molecule has 0 radical (unpaired) electrons. The monoisotopic (exact) mass is 382 g/mol. The molecule has 8 heteroatoms. The summed E-state index contributed by atoms with van der Waals surface area (Å²) in [4.78, 5) is 39.7. The summed E-state index contributed by atoms with van der Waals surface area (Å²) in [6.07, 6.45) is 4.28. The Bertz CT molecular complexity index is 962. The second kappa shape index (κ2) is 7.40. The molecule has 3 heterocycles. The number of aromatic nitrogens is 3. The largest absolute Gasteiger partial charge is 0.469 e. The van der Waals surface area contributed by atoms with Crippen LogP contribution in [0.2, 0.25) is 0 Å². The highest BCUT2D eigenvalue weighted by Crippen LogP contribution is 2.31. The molecule has 0 aliphatic carbocycles. The maximum absolute atomic E-state index is 13.0. The lowest BCUT2D eigenvalue weighted by Crippen LogP contribution is -2.41. The predicted octanol–water partition coefficient (Wildman–Crippen LogP) is 2.78. The molecule has 3 aromatic rings. The average molecular weight is 382 g/mol. The SMILES string of the molecule is COC(=O)C1CCN(C(=O)c2nccnc2-c2nc3ccccc3s2)CC1. The van der Waals surface area contributed by atoms with Crippen LogP contribution in [0.3, 0.4) is 0 Å². The van der Waals surface area contributed by atoms with Gasteiger partial charge in [-0.25, -0.2) is 15.0 Å². The zero-order chi connectivity index (χ0) is 18.8. The third-order valence-corrected chi connectivity index (χ3v) is 5.76. The van der Waals surface area contributed by atoms with Gasteiger partial charge in [-0.3, -0.25) is 9.59 Å². The van der Waals surface area contributed by atoms with Crippen molar-refractivity contribution >= 4 is 33.4 Å². The highest BCUT2D eigenvalue weighted by atomic mass is 32.1. The number of para-hydroxylation sites is 1. The van der Waals surface area contributed by atoms with Gasteiger partial charge >= 0.3 is 5.97 Å². The Morgan fingerprint density at radius 3 is 2.63 bits per heavy atom. The van der Waals surface area contributed by atoms with Gasteiger partial charge in [0.15, 0.2) is 5.69 Å². The maximum Gasteiger partial charge on any atom is 0.308 e. The fraction of sp³-hybridized carbons (Fsp3) is 0.316. The number of fused-ring (bicyclic) bond motifs is 1. The van der Waals surface area contributed by atoms with E-state index in [1.165, 1.54) is 24.6 Å². The van der Waals surface area contributed by atoms with Crippen molar-refractivity contribution in [2.75, 3.05) is 20.2 Å². The van der Waals surface area contributed by atoms with Crippen LogP contribution in [0, 0.1) is 5.92 Å². The quantitative estimate of drug-likeness (QED) is 0.648. The molecule has 1 aliphatic heterocycles. The van der Waals surface area contributed by atoms with Crippen LogP contribution in [0.25, 0.3) is 20.9 Å². The number of esters is 1. The average Bonchev–Trinajstić information content (AvgIpc) is 3.17. The third-order valence-electron chi connectivity index (χ3n) is 4.71. The summed E-state index contributed by atoms with van der Waals surface area (Å²) in [5.41, 5.74) is 1.67. The van der Waals surface area contributed by atoms with E-state index in [2.05, 4.69) is 15.0 Å². The first-order valence-corrected chi connectivity index (χ1v) is 9.53. The van der Waals surface area contributed by atoms with Crippen molar-refractivity contribution < 1.29 is 14.3 Å². The topological polar surface area (TPSA) is 85.3 Å². The molecule has 2 aromatic heterocycles. The predicted molar refractivity (Wildman–Crippen MR) is 101 cm³/mol. The molecule has 1 fully saturated rings. The molecule has 0 spiro atoms. The first-order valence-electron chi connectivity index (χ1n) is 8.71. The van der Waals surface area contributed by atoms with Gasteiger partial charge in [0.2, 0.25) is 0 Å². The molecule has 0 bridgehead atoms. The Morgan fingerprint density at radius 1 is 1.15 bits per heavy atom. The van der Waals surface area contributed by atoms with Gasteiger partial charge in [-0.1, -0.05) is 12.1 Å². The molecule has 1 amide bonds. The van der Waals surface area contributed by atoms with E-state index in [0.717, 1.165) is 10.2 Å². The molecule has 27 heavy (non-hydrogen) atoms. The van der Waals surface area contributed by atoms with Crippen molar-refractivity contribution in [1.29, 1.82) is 0 Å². The summed E-state index contributed by atoms with van der Waals surface area (Å²) in [5, 5.41) is 0.678. The number of benzene rings is 1. The molecule has 7 nitrogen and oxygen atoms in total. The number of methoxy groups -OCH3 is 1. The summed E-state index contributed by atoms with van der Waals surface area (Å²) >= 11 is 1.49. The number of carbonyl (C=O) groups excluding carboxylic acids is 2. The van der Waals surface area contributed by atoms with E-state index in [9.17, 15) is 9.59 Å². The molecular formula is C19H18N4O3S. The van der Waals surface area contributed by atoms with Crippen molar-refractivity contribution in [3.8, 4) is 10.7 Å². The van der Waals surface area contributed by atoms with E-state index < -0.39 is 0 Å². The number of nitrogens with zero attached hydrogens (tertiary/aromatic N) is 4. The molecule has 1 saturated heterocycles. The number of carbonyl (C=O) groups is 2. The van der Waals surface area contributed by atoms with E-state index in [1.54, 1.807) is 11.1 Å². The molecule has 4 rings (SSSR count). The van der Waals surface area contributed by atoms with E-state index in [1.807, 2.05) is 24.3 Å². The Morgan fingerprint density at radius 2 is 1.89 bits per heavy atom. The molecular weight excluding hydrogens is 364 g/mol. The van der Waals surface area contributed by atoms with Gasteiger partial charge < -0.3 is 9.64 Å². The van der Waals surface area contributed by atoms with E-state index >= 15 is 0 Å². The number of hydrogen-bond acceptors (Lipinski definition) is 7. The number of piperidine rings is 1. The second-order valence-electron chi connectivity index (χ2n) is 6.33. The fourth-order valence-corrected chi connectivity index (χ4v) is 4.22. The number of ether oxygens (including phenoxy) is 1. The molecule has 0 atom stereocenters. The van der Waals surface area contributed by atoms with Crippen LogP contribution >= 0.6 is 11.3 Å². The van der Waals surface area contributed by atoms with E-state index in [4.69, 9.17) is 4.74 Å². The van der Waals surface area contributed by atoms with Gasteiger partial charge in [-0.2, -0.15) is 0 Å². The van der Waals surface area contributed by atoms with Crippen LogP contribution < -0.4 is 0 Å². The second-order valence-corrected chi connectivity index (χ2v) is 7.36. The lowest BCUT2D eigenvalue weighted by atomic mass is 9.97. The Balaban J connectivity index is 1.59. The molecule has 1 aliphatic rings. The van der Waals surface area contributed by atoms with Crippen molar-refractivity contribution in [1.82, 2.24) is 19.9 Å². The van der Waals surface area contributed by atoms with Crippen molar-refractivity contribution in [2.45, 2.75) is 12.8 Å². The minimum absolute atomic E-state index is 0.148. The lowest BCUT2D eigenvalue weighted by Gasteiger charge is -2.30. The smallest absolute Gasteiger partial charge is 0.308 e. The molecule has 1 aromatic carbocycles. The standard InChI is InChI=1S/C19H18N4O3S/c1-26-19(25)12-6-10-23(11-7-12)18(24)16-15(20-8-9-21-16)17-22-13-4-2-3-5-14(13)27-17/h2-5,8-9,12H,6-7,10-11H2,1H3. The Hall–Kier alpha value is -2.87. The van der Waals surface area contributed by atoms with E-state index in [-0.39, 0.29) is 17.8 Å². The number of amides is 1. The van der Waals surface area contributed by atoms with Crippen LogP contribution in [0.15, 0.2) is 36.7 Å². The fourth-order valence-electron chi connectivity index (χ4n) is 3.26. The summed E-state index contributed by atoms with van der Waals surface area (Å²) < 4.78 is 5.84. The summed E-state index contributed by atoms with van der Waals surface area (Å²) in [5.74, 6) is -0.540.